The number of thiazole rings is 1. The Labute approximate surface area is 277 Å². The summed E-state index contributed by atoms with van der Waals surface area (Å²) in [6, 6.07) is 8.17. The number of carboxylic acids is 1. The molecule has 1 aromatic heterocycles. The molecule has 0 bridgehead atoms. The molecule has 5 atom stereocenters. The number of carboxylic acid groups (broad SMARTS) is 1. The van der Waals surface area contributed by atoms with Crippen molar-refractivity contribution in [3.8, 4) is 0 Å². The second-order valence-corrected chi connectivity index (χ2v) is 13.8. The van der Waals surface area contributed by atoms with Crippen molar-refractivity contribution in [2.45, 2.75) is 97.3 Å². The molecule has 2 heterocycles. The highest BCUT2D eigenvalue weighted by Gasteiger charge is 2.36. The van der Waals surface area contributed by atoms with E-state index in [1.54, 1.807) is 16.4 Å². The van der Waals surface area contributed by atoms with Crippen molar-refractivity contribution in [2.75, 3.05) is 20.6 Å². The number of aliphatic carboxylic acids is 1. The minimum Gasteiger partial charge on any atom is -0.478 e. The third-order valence-electron chi connectivity index (χ3n) is 9.06. The Bertz CT molecular complexity index is 1360. The van der Waals surface area contributed by atoms with Gasteiger partial charge in [-0.2, -0.15) is 0 Å². The predicted molar refractivity (Wildman–Crippen MR) is 182 cm³/mol. The number of hydrogen-bond donors (Lipinski definition) is 3. The van der Waals surface area contributed by atoms with E-state index in [-0.39, 0.29) is 52.9 Å². The van der Waals surface area contributed by atoms with Crippen LogP contribution in [-0.4, -0.2) is 88.4 Å². The highest BCUT2D eigenvalue weighted by Crippen LogP contribution is 2.22. The average molecular weight is 654 g/mol. The molecular weight excluding hydrogens is 602 g/mol. The Hall–Kier alpha value is -3.57. The average Bonchev–Trinajstić information content (AvgIpc) is 3.68. The summed E-state index contributed by atoms with van der Waals surface area (Å²) in [5.41, 5.74) is 1.40. The van der Waals surface area contributed by atoms with E-state index < -0.39 is 18.1 Å². The second kappa shape index (κ2) is 17.4. The number of amides is 3. The largest absolute Gasteiger partial charge is 0.478 e. The number of likely N-dealkylation sites (tertiary alicyclic amines) is 1. The van der Waals surface area contributed by atoms with Gasteiger partial charge in [0.15, 0.2) is 0 Å². The van der Waals surface area contributed by atoms with Crippen molar-refractivity contribution in [3.05, 3.63) is 63.6 Å². The predicted octanol–water partition coefficient (Wildman–Crippen LogP) is 4.56. The van der Waals surface area contributed by atoms with Crippen LogP contribution in [0.15, 0.2) is 47.4 Å². The van der Waals surface area contributed by atoms with Crippen LogP contribution in [0.4, 0.5) is 0 Å². The minimum absolute atomic E-state index is 0.0155. The van der Waals surface area contributed by atoms with Crippen LogP contribution < -0.4 is 10.6 Å². The second-order valence-electron chi connectivity index (χ2n) is 12.9. The van der Waals surface area contributed by atoms with E-state index in [0.29, 0.717) is 19.3 Å². The molecule has 252 valence electrons. The van der Waals surface area contributed by atoms with Gasteiger partial charge in [-0.05, 0) is 63.6 Å². The molecule has 2 aromatic rings. The summed E-state index contributed by atoms with van der Waals surface area (Å²) >= 11 is 1.39. The van der Waals surface area contributed by atoms with Crippen LogP contribution in [0.2, 0.25) is 0 Å². The summed E-state index contributed by atoms with van der Waals surface area (Å²) in [6.07, 6.45) is 5.77. The molecule has 2 unspecified atom stereocenters. The maximum atomic E-state index is 13.9. The molecule has 1 saturated heterocycles. The number of likely N-dealkylation sites (N-methyl/N-ethyl adjacent to an activating group) is 2. The number of nitrogens with zero attached hydrogens (tertiary/aromatic N) is 3. The van der Waals surface area contributed by atoms with Gasteiger partial charge in [0.05, 0.1) is 17.1 Å². The van der Waals surface area contributed by atoms with Crippen molar-refractivity contribution in [3.63, 3.8) is 0 Å². The normalized spacial score (nSPS) is 18.1. The number of benzene rings is 1. The third kappa shape index (κ3) is 10.2. The molecule has 11 heteroatoms. The highest BCUT2D eigenvalue weighted by molar-refractivity contribution is 7.09. The first-order valence-corrected chi connectivity index (χ1v) is 17.2. The standard InChI is InChI=1S/C35H51N5O5S/c1-8-23(4)31(38-33(42)29-15-12-18-39(29)6)34(43)40(7)28(22(2)3)16-17-30-37-27(21-46-30)32(41)36-26(19-24(5)35(44)45)20-25-13-10-9-11-14-25/h9-11,13-14,19,21-23,26,28-29,31H,8,12,15-18,20H2,1-7H3,(H,36,41)(H,38,42)(H,44,45)/b24-19+/t23?,26-,28-,29?,31+/m1/s1. The van der Waals surface area contributed by atoms with Crippen molar-refractivity contribution in [2.24, 2.45) is 11.8 Å². The molecule has 1 aromatic carbocycles. The lowest BCUT2D eigenvalue weighted by Crippen LogP contribution is -2.56. The van der Waals surface area contributed by atoms with Crippen LogP contribution in [0.3, 0.4) is 0 Å². The van der Waals surface area contributed by atoms with Gasteiger partial charge in [-0.25, -0.2) is 9.78 Å². The number of hydrogen-bond acceptors (Lipinski definition) is 7. The lowest BCUT2D eigenvalue weighted by Gasteiger charge is -2.36. The fraction of sp³-hybridized carbons (Fsp3) is 0.571. The van der Waals surface area contributed by atoms with Crippen LogP contribution in [-0.2, 0) is 27.2 Å². The van der Waals surface area contributed by atoms with Crippen molar-refractivity contribution in [1.82, 2.24) is 25.4 Å². The number of aryl methyl sites for hydroxylation is 1. The molecule has 0 spiro atoms. The third-order valence-corrected chi connectivity index (χ3v) is 9.96. The summed E-state index contributed by atoms with van der Waals surface area (Å²) in [5.74, 6) is -1.43. The number of carbonyl (C=O) groups excluding carboxylic acids is 3. The Morgan fingerprint density at radius 2 is 1.85 bits per heavy atom. The molecule has 0 aliphatic carbocycles. The van der Waals surface area contributed by atoms with E-state index in [4.69, 9.17) is 0 Å². The molecular formula is C35H51N5O5S. The van der Waals surface area contributed by atoms with Crippen LogP contribution in [0.25, 0.3) is 0 Å². The molecule has 3 rings (SSSR count). The molecule has 46 heavy (non-hydrogen) atoms. The lowest BCUT2D eigenvalue weighted by molar-refractivity contribution is -0.140. The molecule has 3 N–H and O–H groups in total. The van der Waals surface area contributed by atoms with E-state index in [1.807, 2.05) is 63.2 Å². The summed E-state index contributed by atoms with van der Waals surface area (Å²) in [4.78, 5) is 60.1. The van der Waals surface area contributed by atoms with E-state index >= 15 is 0 Å². The topological polar surface area (TPSA) is 132 Å². The van der Waals surface area contributed by atoms with Crippen molar-refractivity contribution < 1.29 is 24.3 Å². The number of aromatic nitrogens is 1. The number of carbonyl (C=O) groups is 4. The van der Waals surface area contributed by atoms with Gasteiger partial charge in [0.1, 0.15) is 11.7 Å². The molecule has 10 nitrogen and oxygen atoms in total. The SMILES string of the molecule is CCC(C)[C@H](NC(=O)C1CCCN1C)C(=O)N(C)[C@H](CCc1nc(C(=O)N[C@H](/C=C(\C)C(=O)O)Cc2ccccc2)cs1)C(C)C. The van der Waals surface area contributed by atoms with Gasteiger partial charge in [0.25, 0.3) is 5.91 Å². The van der Waals surface area contributed by atoms with Crippen LogP contribution >= 0.6 is 11.3 Å². The summed E-state index contributed by atoms with van der Waals surface area (Å²) in [5, 5.41) is 17.9. The molecule has 0 radical (unpaired) electrons. The van der Waals surface area contributed by atoms with Gasteiger partial charge in [0, 0.05) is 30.5 Å². The Kier molecular flexibility index (Phi) is 13.9. The maximum Gasteiger partial charge on any atom is 0.331 e. The first-order valence-electron chi connectivity index (χ1n) is 16.3. The van der Waals surface area contributed by atoms with Gasteiger partial charge in [-0.15, -0.1) is 11.3 Å². The van der Waals surface area contributed by atoms with Crippen molar-refractivity contribution >= 4 is 35.0 Å². The zero-order valence-electron chi connectivity index (χ0n) is 28.3. The Morgan fingerprint density at radius 1 is 1.15 bits per heavy atom. The highest BCUT2D eigenvalue weighted by atomic mass is 32.1. The molecule has 3 amide bonds. The van der Waals surface area contributed by atoms with Gasteiger partial charge >= 0.3 is 5.97 Å². The lowest BCUT2D eigenvalue weighted by atomic mass is 9.93. The summed E-state index contributed by atoms with van der Waals surface area (Å²) in [7, 11) is 3.77. The minimum atomic E-state index is -1.04. The molecule has 1 fully saturated rings. The Balaban J connectivity index is 1.67. The van der Waals surface area contributed by atoms with Crippen LogP contribution in [0.1, 0.15) is 81.4 Å². The summed E-state index contributed by atoms with van der Waals surface area (Å²) in [6.45, 7) is 10.6. The van der Waals surface area contributed by atoms with E-state index in [9.17, 15) is 24.3 Å². The smallest absolute Gasteiger partial charge is 0.331 e. The summed E-state index contributed by atoms with van der Waals surface area (Å²) < 4.78 is 0. The fourth-order valence-electron chi connectivity index (χ4n) is 5.97. The number of nitrogens with one attached hydrogen (secondary N) is 2. The monoisotopic (exact) mass is 653 g/mol. The molecule has 0 saturated carbocycles. The first kappa shape index (κ1) is 36.9. The van der Waals surface area contributed by atoms with Gasteiger partial charge in [0.2, 0.25) is 11.8 Å². The number of rotatable bonds is 16. The van der Waals surface area contributed by atoms with Gasteiger partial charge in [-0.1, -0.05) is 70.5 Å². The molecule has 1 aliphatic rings. The van der Waals surface area contributed by atoms with E-state index in [0.717, 1.165) is 36.4 Å². The maximum absolute atomic E-state index is 13.9. The van der Waals surface area contributed by atoms with Crippen LogP contribution in [0, 0.1) is 11.8 Å². The van der Waals surface area contributed by atoms with Gasteiger partial charge in [-0.3, -0.25) is 19.3 Å². The van der Waals surface area contributed by atoms with E-state index in [1.165, 1.54) is 18.3 Å². The van der Waals surface area contributed by atoms with Crippen LogP contribution in [0.5, 0.6) is 0 Å². The van der Waals surface area contributed by atoms with Crippen molar-refractivity contribution in [1.29, 1.82) is 0 Å². The van der Waals surface area contributed by atoms with Gasteiger partial charge < -0.3 is 20.6 Å². The van der Waals surface area contributed by atoms with E-state index in [2.05, 4.69) is 29.5 Å². The zero-order chi connectivity index (χ0) is 34.0. The quantitative estimate of drug-likeness (QED) is 0.227. The fourth-order valence-corrected chi connectivity index (χ4v) is 6.76. The zero-order valence-corrected chi connectivity index (χ0v) is 29.1. The first-order chi connectivity index (χ1) is 21.8. The Morgan fingerprint density at radius 3 is 2.43 bits per heavy atom. The molecule has 1 aliphatic heterocycles.